The molecule has 2 aromatic heterocycles. The third-order valence-electron chi connectivity index (χ3n) is 5.40. The Kier molecular flexibility index (Phi) is 5.24. The molecule has 1 aromatic carbocycles. The van der Waals surface area contributed by atoms with E-state index in [9.17, 15) is 27.6 Å². The Morgan fingerprint density at radius 2 is 1.94 bits per heavy atom. The molecule has 0 radical (unpaired) electrons. The smallest absolute Gasteiger partial charge is 0.364 e. The Balaban J connectivity index is 1.82. The molecule has 170 valence electrons. The van der Waals surface area contributed by atoms with Gasteiger partial charge in [-0.1, -0.05) is 29.4 Å². The Morgan fingerprint density at radius 3 is 2.52 bits per heavy atom. The number of hydrogen-bond acceptors (Lipinski definition) is 7. The number of halogens is 3. The zero-order chi connectivity index (χ0) is 24.0. The molecule has 1 atom stereocenters. The van der Waals surface area contributed by atoms with E-state index >= 15 is 0 Å². The molecule has 3 aromatic rings. The van der Waals surface area contributed by atoms with Crippen LogP contribution in [0.25, 0.3) is 11.1 Å². The van der Waals surface area contributed by atoms with Gasteiger partial charge in [0.2, 0.25) is 0 Å². The number of hydrogen-bond donors (Lipinski definition) is 2. The number of carbonyl (C=O) groups excluding carboxylic acids is 3. The van der Waals surface area contributed by atoms with Crippen molar-refractivity contribution in [3.05, 3.63) is 71.4 Å². The lowest BCUT2D eigenvalue weighted by Crippen LogP contribution is -2.54. The van der Waals surface area contributed by atoms with Crippen LogP contribution in [-0.2, 0) is 16.5 Å². The van der Waals surface area contributed by atoms with Gasteiger partial charge >= 0.3 is 12.2 Å². The number of nitrogens with two attached hydrogens (primary N) is 1. The number of carbonyl (C=O) groups is 3. The monoisotopic (exact) mass is 459 g/mol. The second kappa shape index (κ2) is 7.81. The van der Waals surface area contributed by atoms with Crippen LogP contribution in [0.1, 0.15) is 27.3 Å². The molecule has 1 saturated heterocycles. The summed E-state index contributed by atoms with van der Waals surface area (Å²) >= 11 is 0. The second-order valence-corrected chi connectivity index (χ2v) is 7.25. The molecular formula is C21H16F3N5O4. The first kappa shape index (κ1) is 22.1. The number of imide groups is 2. The predicted octanol–water partition coefficient (Wildman–Crippen LogP) is 2.61. The number of nitrogens with zero attached hydrogens (tertiary/aromatic N) is 3. The van der Waals surface area contributed by atoms with E-state index in [4.69, 9.17) is 10.3 Å². The van der Waals surface area contributed by atoms with Crippen molar-refractivity contribution >= 4 is 17.8 Å². The first-order valence-electron chi connectivity index (χ1n) is 9.55. The zero-order valence-electron chi connectivity index (χ0n) is 17.0. The lowest BCUT2D eigenvalue weighted by molar-refractivity contribution is -0.141. The maximum atomic E-state index is 13.6. The number of rotatable bonds is 4. The summed E-state index contributed by atoms with van der Waals surface area (Å²) in [6.45, 7) is 1.07. The van der Waals surface area contributed by atoms with Gasteiger partial charge in [-0.15, -0.1) is 0 Å². The fourth-order valence-electron chi connectivity index (χ4n) is 3.79. The summed E-state index contributed by atoms with van der Waals surface area (Å²) in [4.78, 5) is 43.3. The predicted molar refractivity (Wildman–Crippen MR) is 106 cm³/mol. The molecule has 0 saturated carbocycles. The molecule has 1 aliphatic heterocycles. The summed E-state index contributed by atoms with van der Waals surface area (Å²) in [5.74, 6) is -1.72. The van der Waals surface area contributed by atoms with E-state index in [-0.39, 0.29) is 27.9 Å². The molecule has 3 heterocycles. The van der Waals surface area contributed by atoms with Crippen LogP contribution in [0.15, 0.2) is 53.4 Å². The average Bonchev–Trinajstić information content (AvgIpc) is 3.32. The maximum Gasteiger partial charge on any atom is 0.433 e. The third-order valence-corrected chi connectivity index (χ3v) is 5.40. The Labute approximate surface area is 184 Å². The number of amides is 4. The fourth-order valence-corrected chi connectivity index (χ4v) is 3.79. The minimum atomic E-state index is -4.63. The van der Waals surface area contributed by atoms with Crippen LogP contribution in [0.4, 0.5) is 18.0 Å². The van der Waals surface area contributed by atoms with Crippen molar-refractivity contribution in [1.82, 2.24) is 20.4 Å². The van der Waals surface area contributed by atoms with Crippen LogP contribution < -0.4 is 11.1 Å². The molecule has 12 heteroatoms. The lowest BCUT2D eigenvalue weighted by atomic mass is 9.88. The van der Waals surface area contributed by atoms with E-state index in [1.165, 1.54) is 25.1 Å². The highest BCUT2D eigenvalue weighted by Gasteiger charge is 2.58. The number of benzene rings is 1. The zero-order valence-corrected chi connectivity index (χ0v) is 17.0. The SMILES string of the molecule is Cc1nocc1C1(CN)C(=O)NC(=O)N1C(=O)c1ccccc1-c1ccc(C(F)(F)F)nc1. The standard InChI is InChI=1S/C21H16F3N5O4/c1-11-15(9-33-28-11)20(10-25)18(31)27-19(32)29(20)17(30)14-5-3-2-4-13(14)12-6-7-16(26-8-12)21(22,23)24/h2-9H,10,25H2,1H3,(H,27,31,32). The van der Waals surface area contributed by atoms with Gasteiger partial charge in [0, 0.05) is 23.9 Å². The van der Waals surface area contributed by atoms with Gasteiger partial charge < -0.3 is 10.3 Å². The summed E-state index contributed by atoms with van der Waals surface area (Å²) < 4.78 is 43.5. The van der Waals surface area contributed by atoms with Crippen LogP contribution in [-0.4, -0.2) is 39.4 Å². The van der Waals surface area contributed by atoms with Crippen molar-refractivity contribution in [2.75, 3.05) is 6.54 Å². The number of pyridine rings is 1. The number of aromatic nitrogens is 2. The molecule has 0 bridgehead atoms. The normalized spacial score (nSPS) is 18.5. The van der Waals surface area contributed by atoms with Gasteiger partial charge in [0.15, 0.2) is 5.54 Å². The molecule has 1 fully saturated rings. The average molecular weight is 459 g/mol. The maximum absolute atomic E-state index is 13.6. The summed E-state index contributed by atoms with van der Waals surface area (Å²) in [5, 5.41) is 5.81. The minimum Gasteiger partial charge on any atom is -0.364 e. The molecule has 0 aliphatic carbocycles. The van der Waals surface area contributed by atoms with Crippen LogP contribution in [0.2, 0.25) is 0 Å². The van der Waals surface area contributed by atoms with Gasteiger partial charge in [0.25, 0.3) is 11.8 Å². The number of urea groups is 1. The van der Waals surface area contributed by atoms with Gasteiger partial charge in [0.05, 0.1) is 11.3 Å². The van der Waals surface area contributed by atoms with Gasteiger partial charge in [-0.2, -0.15) is 13.2 Å². The number of nitrogens with one attached hydrogen (secondary N) is 1. The van der Waals surface area contributed by atoms with E-state index in [1.807, 2.05) is 0 Å². The minimum absolute atomic E-state index is 0.0455. The molecule has 9 nitrogen and oxygen atoms in total. The van der Waals surface area contributed by atoms with Crippen molar-refractivity contribution in [2.24, 2.45) is 5.73 Å². The van der Waals surface area contributed by atoms with Gasteiger partial charge in [-0.25, -0.2) is 9.69 Å². The van der Waals surface area contributed by atoms with E-state index < -0.39 is 41.8 Å². The van der Waals surface area contributed by atoms with Crippen LogP contribution in [0.5, 0.6) is 0 Å². The first-order chi connectivity index (χ1) is 15.6. The second-order valence-electron chi connectivity index (χ2n) is 7.25. The first-order valence-corrected chi connectivity index (χ1v) is 9.55. The highest BCUT2D eigenvalue weighted by atomic mass is 19.4. The van der Waals surface area contributed by atoms with Crippen molar-refractivity contribution in [1.29, 1.82) is 0 Å². The summed E-state index contributed by atoms with van der Waals surface area (Å²) in [6, 6.07) is 6.90. The molecule has 4 rings (SSSR count). The molecule has 33 heavy (non-hydrogen) atoms. The lowest BCUT2D eigenvalue weighted by Gasteiger charge is -2.32. The van der Waals surface area contributed by atoms with Crippen LogP contribution in [0.3, 0.4) is 0 Å². The van der Waals surface area contributed by atoms with Crippen molar-refractivity contribution in [3.8, 4) is 11.1 Å². The highest BCUT2D eigenvalue weighted by molar-refractivity contribution is 6.19. The van der Waals surface area contributed by atoms with E-state index in [1.54, 1.807) is 6.07 Å². The molecule has 3 N–H and O–H groups in total. The topological polar surface area (TPSA) is 131 Å². The quantitative estimate of drug-likeness (QED) is 0.574. The molecule has 0 spiro atoms. The van der Waals surface area contributed by atoms with Gasteiger partial charge in [-0.05, 0) is 24.6 Å². The fraction of sp³-hybridized carbons (Fsp3) is 0.190. The highest BCUT2D eigenvalue weighted by Crippen LogP contribution is 2.37. The molecule has 1 unspecified atom stereocenters. The van der Waals surface area contributed by atoms with E-state index in [0.717, 1.165) is 24.6 Å². The molecule has 1 aliphatic rings. The van der Waals surface area contributed by atoms with Crippen molar-refractivity contribution < 1.29 is 32.1 Å². The van der Waals surface area contributed by atoms with Crippen molar-refractivity contribution in [3.63, 3.8) is 0 Å². The largest absolute Gasteiger partial charge is 0.433 e. The van der Waals surface area contributed by atoms with Gasteiger partial charge in [-0.3, -0.25) is 19.9 Å². The van der Waals surface area contributed by atoms with Crippen molar-refractivity contribution in [2.45, 2.75) is 18.6 Å². The molecule has 4 amide bonds. The Bertz CT molecular complexity index is 1260. The third kappa shape index (κ3) is 3.44. The van der Waals surface area contributed by atoms with Gasteiger partial charge in [0.1, 0.15) is 12.0 Å². The Hall–Kier alpha value is -4.06. The number of alkyl halides is 3. The van der Waals surface area contributed by atoms with E-state index in [0.29, 0.717) is 4.90 Å². The summed E-state index contributed by atoms with van der Waals surface area (Å²) in [7, 11) is 0. The molecular weight excluding hydrogens is 443 g/mol. The Morgan fingerprint density at radius 1 is 1.21 bits per heavy atom. The van der Waals surface area contributed by atoms with Crippen LogP contribution >= 0.6 is 0 Å². The summed E-state index contributed by atoms with van der Waals surface area (Å²) in [5.41, 5.74) is 3.66. The number of aryl methyl sites for hydroxylation is 1. The van der Waals surface area contributed by atoms with Crippen LogP contribution in [0, 0.1) is 6.92 Å². The van der Waals surface area contributed by atoms with E-state index in [2.05, 4.69) is 15.5 Å². The summed E-state index contributed by atoms with van der Waals surface area (Å²) in [6.07, 6.45) is -2.52.